The Bertz CT molecular complexity index is 97.0. The largest absolute Gasteiger partial charge is 0.301 e. The van der Waals surface area contributed by atoms with Gasteiger partial charge in [-0.05, 0) is 32.4 Å². The molecule has 0 aromatic carbocycles. The number of hydrogen-bond acceptors (Lipinski definition) is 1. The summed E-state index contributed by atoms with van der Waals surface area (Å²) in [5, 5.41) is 0. The van der Waals surface area contributed by atoms with Crippen molar-refractivity contribution in [3.63, 3.8) is 0 Å². The molecule has 0 unspecified atom stereocenters. The Kier molecular flexibility index (Phi) is 3.92. The Balaban J connectivity index is 2.13. The summed E-state index contributed by atoms with van der Waals surface area (Å²) in [4.78, 5) is 2.61. The quantitative estimate of drug-likeness (QED) is 0.588. The van der Waals surface area contributed by atoms with Gasteiger partial charge in [-0.15, -0.1) is 0 Å². The summed E-state index contributed by atoms with van der Waals surface area (Å²) in [5.74, 6) is 0. The zero-order chi connectivity index (χ0) is 8.10. The van der Waals surface area contributed by atoms with Crippen molar-refractivity contribution in [3.8, 4) is 0 Å². The summed E-state index contributed by atoms with van der Waals surface area (Å²) in [6, 6.07) is 0.923. The van der Waals surface area contributed by atoms with Gasteiger partial charge in [0.15, 0.2) is 0 Å². The lowest BCUT2D eigenvalue weighted by molar-refractivity contribution is 0.133. The lowest BCUT2D eigenvalue weighted by Gasteiger charge is -2.36. The van der Waals surface area contributed by atoms with Gasteiger partial charge in [0.05, 0.1) is 0 Å². The van der Waals surface area contributed by atoms with E-state index in [-0.39, 0.29) is 0 Å². The van der Waals surface area contributed by atoms with Gasteiger partial charge in [0.2, 0.25) is 0 Å². The standard InChI is InChI=1S/C10H20N/c1-3-5-9-11(4-2)10-7-6-8-10/h10H,1,3-9H2,2H3. The van der Waals surface area contributed by atoms with Crippen LogP contribution in [0.3, 0.4) is 0 Å². The second-order valence-corrected chi connectivity index (χ2v) is 3.42. The molecule has 1 saturated carbocycles. The van der Waals surface area contributed by atoms with Crippen LogP contribution in [-0.2, 0) is 0 Å². The molecule has 1 radical (unpaired) electrons. The molecule has 1 aliphatic rings. The first-order valence-electron chi connectivity index (χ1n) is 4.91. The third kappa shape index (κ3) is 2.48. The van der Waals surface area contributed by atoms with Gasteiger partial charge in [-0.3, -0.25) is 0 Å². The van der Waals surface area contributed by atoms with E-state index in [2.05, 4.69) is 18.7 Å². The van der Waals surface area contributed by atoms with Crippen molar-refractivity contribution in [2.24, 2.45) is 0 Å². The molecule has 0 saturated heterocycles. The van der Waals surface area contributed by atoms with E-state index < -0.39 is 0 Å². The lowest BCUT2D eigenvalue weighted by Crippen LogP contribution is -2.40. The summed E-state index contributed by atoms with van der Waals surface area (Å²) in [5.41, 5.74) is 0. The SMILES string of the molecule is [CH2]CCCN(CC)C1CCC1. The minimum Gasteiger partial charge on any atom is -0.301 e. The van der Waals surface area contributed by atoms with Crippen LogP contribution in [0.2, 0.25) is 0 Å². The predicted molar refractivity (Wildman–Crippen MR) is 49.5 cm³/mol. The second-order valence-electron chi connectivity index (χ2n) is 3.42. The van der Waals surface area contributed by atoms with Gasteiger partial charge >= 0.3 is 0 Å². The highest BCUT2D eigenvalue weighted by Crippen LogP contribution is 2.24. The zero-order valence-electron chi connectivity index (χ0n) is 7.68. The number of rotatable bonds is 5. The Morgan fingerprint density at radius 1 is 1.45 bits per heavy atom. The Hall–Kier alpha value is -0.0400. The van der Waals surface area contributed by atoms with E-state index in [1.807, 2.05) is 0 Å². The highest BCUT2D eigenvalue weighted by Gasteiger charge is 2.22. The van der Waals surface area contributed by atoms with Crippen molar-refractivity contribution in [1.82, 2.24) is 4.90 Å². The molecule has 1 heteroatoms. The van der Waals surface area contributed by atoms with E-state index in [4.69, 9.17) is 0 Å². The summed E-state index contributed by atoms with van der Waals surface area (Å²) >= 11 is 0. The second kappa shape index (κ2) is 4.76. The van der Waals surface area contributed by atoms with Crippen molar-refractivity contribution < 1.29 is 0 Å². The first-order valence-corrected chi connectivity index (χ1v) is 4.91. The summed E-state index contributed by atoms with van der Waals surface area (Å²) < 4.78 is 0. The maximum atomic E-state index is 3.87. The van der Waals surface area contributed by atoms with E-state index >= 15 is 0 Å². The number of hydrogen-bond donors (Lipinski definition) is 0. The van der Waals surface area contributed by atoms with Gasteiger partial charge in [-0.2, -0.15) is 0 Å². The van der Waals surface area contributed by atoms with E-state index in [0.29, 0.717) is 0 Å². The minimum absolute atomic E-state index is 0.923. The Morgan fingerprint density at radius 2 is 2.18 bits per heavy atom. The van der Waals surface area contributed by atoms with Gasteiger partial charge in [0.1, 0.15) is 0 Å². The molecule has 0 bridgehead atoms. The van der Waals surface area contributed by atoms with Crippen LogP contribution in [0.1, 0.15) is 39.0 Å². The fourth-order valence-corrected chi connectivity index (χ4v) is 1.67. The molecule has 1 rings (SSSR count). The van der Waals surface area contributed by atoms with E-state index in [0.717, 1.165) is 12.5 Å². The number of nitrogens with zero attached hydrogens (tertiary/aromatic N) is 1. The van der Waals surface area contributed by atoms with Gasteiger partial charge in [0.25, 0.3) is 0 Å². The topological polar surface area (TPSA) is 3.24 Å². The molecule has 65 valence electrons. The molecule has 0 amide bonds. The van der Waals surface area contributed by atoms with Crippen LogP contribution in [0.4, 0.5) is 0 Å². The maximum Gasteiger partial charge on any atom is 0.00951 e. The molecule has 11 heavy (non-hydrogen) atoms. The average Bonchev–Trinajstić information content (AvgIpc) is 1.93. The lowest BCUT2D eigenvalue weighted by atomic mass is 9.91. The molecule has 1 aliphatic carbocycles. The van der Waals surface area contributed by atoms with Crippen LogP contribution in [0.5, 0.6) is 0 Å². The fraction of sp³-hybridized carbons (Fsp3) is 0.900. The predicted octanol–water partition coefficient (Wildman–Crippen LogP) is 2.48. The molecular weight excluding hydrogens is 134 g/mol. The highest BCUT2D eigenvalue weighted by atomic mass is 15.2. The molecule has 0 spiro atoms. The first kappa shape index (κ1) is 9.05. The van der Waals surface area contributed by atoms with Crippen molar-refractivity contribution >= 4 is 0 Å². The Labute approximate surface area is 70.8 Å². The Morgan fingerprint density at radius 3 is 2.55 bits per heavy atom. The van der Waals surface area contributed by atoms with E-state index in [1.54, 1.807) is 0 Å². The van der Waals surface area contributed by atoms with Gasteiger partial charge in [-0.25, -0.2) is 0 Å². The van der Waals surface area contributed by atoms with Crippen molar-refractivity contribution in [2.45, 2.75) is 45.1 Å². The zero-order valence-corrected chi connectivity index (χ0v) is 7.68. The van der Waals surface area contributed by atoms with Crippen LogP contribution in [-0.4, -0.2) is 24.0 Å². The minimum atomic E-state index is 0.923. The molecule has 0 aliphatic heterocycles. The summed E-state index contributed by atoms with van der Waals surface area (Å²) in [7, 11) is 0. The molecule has 0 atom stereocenters. The third-order valence-electron chi connectivity index (χ3n) is 2.69. The molecule has 0 aromatic rings. The molecule has 0 aromatic heterocycles. The molecular formula is C10H20N. The maximum absolute atomic E-state index is 3.87. The molecule has 1 nitrogen and oxygen atoms in total. The van der Waals surface area contributed by atoms with Crippen LogP contribution in [0.15, 0.2) is 0 Å². The monoisotopic (exact) mass is 154 g/mol. The first-order chi connectivity index (χ1) is 5.38. The third-order valence-corrected chi connectivity index (χ3v) is 2.69. The van der Waals surface area contributed by atoms with Gasteiger partial charge in [0, 0.05) is 6.04 Å². The average molecular weight is 154 g/mol. The van der Waals surface area contributed by atoms with Gasteiger partial charge < -0.3 is 4.90 Å². The van der Waals surface area contributed by atoms with E-state index in [1.165, 1.54) is 38.8 Å². The summed E-state index contributed by atoms with van der Waals surface area (Å²) in [6.07, 6.45) is 6.68. The summed E-state index contributed by atoms with van der Waals surface area (Å²) in [6.45, 7) is 8.63. The molecule has 0 N–H and O–H groups in total. The smallest absolute Gasteiger partial charge is 0.00951 e. The normalized spacial score (nSPS) is 18.8. The molecule has 0 heterocycles. The number of unbranched alkanes of at least 4 members (excludes halogenated alkanes) is 1. The highest BCUT2D eigenvalue weighted by molar-refractivity contribution is 4.79. The van der Waals surface area contributed by atoms with E-state index in [9.17, 15) is 0 Å². The van der Waals surface area contributed by atoms with Gasteiger partial charge in [-0.1, -0.05) is 26.7 Å². The van der Waals surface area contributed by atoms with Crippen LogP contribution in [0.25, 0.3) is 0 Å². The van der Waals surface area contributed by atoms with Crippen LogP contribution < -0.4 is 0 Å². The van der Waals surface area contributed by atoms with Crippen molar-refractivity contribution in [1.29, 1.82) is 0 Å². The van der Waals surface area contributed by atoms with Crippen molar-refractivity contribution in [3.05, 3.63) is 6.92 Å². The van der Waals surface area contributed by atoms with Crippen molar-refractivity contribution in [2.75, 3.05) is 13.1 Å². The molecule has 1 fully saturated rings. The fourth-order valence-electron chi connectivity index (χ4n) is 1.67. The van der Waals surface area contributed by atoms with Crippen LogP contribution >= 0.6 is 0 Å². The van der Waals surface area contributed by atoms with Crippen LogP contribution in [0, 0.1) is 6.92 Å².